The summed E-state index contributed by atoms with van der Waals surface area (Å²) in [6, 6.07) is 9.54. The molecule has 6 N–H and O–H groups in total. The standard InChI is InChI=1S/C50H64N2O14/c1-27-18-17-19-28(2)49(60)52-40-35(26-51-64-24-16-11-10-15-23-62-34-20-13-12-14-21-34)44(57)37-38(45(40)58)43(56)32(6)47-39(37)48(59)50(8,66-47)63-25-22-36(61-9)29(3)46(65-33(7)53)31(5)42(55)30(4)41(27)54/h12-14,17-22,25-27,29-31,36,41-42,46,54-58H,10-11,15-16,23-24H2,1-9H3,(H,52,60)/b18-17+,25-22+,28-19-,51-26+. The molecule has 9 atom stereocenters. The van der Waals surface area contributed by atoms with Crippen molar-refractivity contribution in [2.75, 3.05) is 25.6 Å². The van der Waals surface area contributed by atoms with Gasteiger partial charge in [0.1, 0.15) is 35.7 Å². The number of phenols is 3. The molecule has 3 heterocycles. The third kappa shape index (κ3) is 11.3. The van der Waals surface area contributed by atoms with Crippen molar-refractivity contribution in [3.05, 3.63) is 83.2 Å². The predicted molar refractivity (Wildman–Crippen MR) is 248 cm³/mol. The highest BCUT2D eigenvalue weighted by molar-refractivity contribution is 6.23. The number of aromatic hydroxyl groups is 3. The SMILES string of the molecule is COC1/C=C/OC2(C)Oc3c(C)c(O)c4c(O)c(c(/C=N/OCCCCCCOc5ccccc5)c(O)c4c3C2=O)NC(=O)/C(C)=C\C=C\C(C)C(O)C(C)C(O)C(C)C(OC(C)=O)C1C. The van der Waals surface area contributed by atoms with E-state index in [9.17, 15) is 39.9 Å². The van der Waals surface area contributed by atoms with E-state index >= 15 is 0 Å². The average molecular weight is 917 g/mol. The molecule has 16 nitrogen and oxygen atoms in total. The minimum Gasteiger partial charge on any atom is -0.507 e. The number of para-hydroxylation sites is 1. The molecule has 6 rings (SSSR count). The van der Waals surface area contributed by atoms with Crippen molar-refractivity contribution < 1.29 is 68.4 Å². The van der Waals surface area contributed by atoms with Crippen LogP contribution in [0.3, 0.4) is 0 Å². The van der Waals surface area contributed by atoms with Gasteiger partial charge in [-0.3, -0.25) is 14.4 Å². The van der Waals surface area contributed by atoms with E-state index in [4.69, 9.17) is 28.5 Å². The maximum absolute atomic E-state index is 14.5. The maximum atomic E-state index is 14.5. The highest BCUT2D eigenvalue weighted by Gasteiger charge is 2.50. The Labute approximate surface area is 385 Å². The van der Waals surface area contributed by atoms with Gasteiger partial charge in [-0.2, -0.15) is 0 Å². The lowest BCUT2D eigenvalue weighted by Gasteiger charge is -2.38. The van der Waals surface area contributed by atoms with Crippen LogP contribution >= 0.6 is 0 Å². The summed E-state index contributed by atoms with van der Waals surface area (Å²) >= 11 is 0. The van der Waals surface area contributed by atoms with Crippen molar-refractivity contribution in [2.45, 2.75) is 111 Å². The lowest BCUT2D eigenvalue weighted by Crippen LogP contribution is -2.46. The summed E-state index contributed by atoms with van der Waals surface area (Å²) < 4.78 is 29.4. The van der Waals surface area contributed by atoms with Crippen LogP contribution in [0.15, 0.2) is 71.6 Å². The number of ether oxygens (including phenoxy) is 5. The first kappa shape index (κ1) is 50.9. The summed E-state index contributed by atoms with van der Waals surface area (Å²) in [5.74, 6) is -7.89. The summed E-state index contributed by atoms with van der Waals surface area (Å²) in [5.41, 5.74) is -0.625. The number of hydrogen-bond donors (Lipinski definition) is 6. The molecule has 0 spiro atoms. The first-order chi connectivity index (χ1) is 31.3. The zero-order valence-corrected chi connectivity index (χ0v) is 39.1. The van der Waals surface area contributed by atoms with Crippen LogP contribution in [0.25, 0.3) is 10.8 Å². The van der Waals surface area contributed by atoms with Crippen LogP contribution in [0.2, 0.25) is 0 Å². The molecule has 1 amide bonds. The topological polar surface area (TPSA) is 232 Å². The first-order valence-corrected chi connectivity index (χ1v) is 22.3. The molecule has 66 heavy (non-hydrogen) atoms. The Kier molecular flexibility index (Phi) is 17.3. The Balaban J connectivity index is 1.54. The fourth-order valence-corrected chi connectivity index (χ4v) is 8.34. The average Bonchev–Trinajstić information content (AvgIpc) is 3.56. The van der Waals surface area contributed by atoms with Crippen LogP contribution in [0.1, 0.15) is 95.6 Å². The highest BCUT2D eigenvalue weighted by Crippen LogP contribution is 2.55. The number of esters is 1. The molecule has 3 aromatic carbocycles. The van der Waals surface area contributed by atoms with E-state index in [0.29, 0.717) is 13.0 Å². The number of methoxy groups -OCH3 is 1. The number of allylic oxidation sites excluding steroid dienone is 2. The van der Waals surface area contributed by atoms with Crippen molar-refractivity contribution in [1.29, 1.82) is 0 Å². The van der Waals surface area contributed by atoms with E-state index in [1.165, 1.54) is 53.2 Å². The molecule has 0 saturated carbocycles. The number of hydrogen-bond acceptors (Lipinski definition) is 15. The Bertz CT molecular complexity index is 2340. The fraction of sp³-hybridized carbons (Fsp3) is 0.480. The number of nitrogens with zero attached hydrogens (tertiary/aromatic N) is 1. The largest absolute Gasteiger partial charge is 0.507 e. The second-order valence-electron chi connectivity index (χ2n) is 17.3. The third-order valence-electron chi connectivity index (χ3n) is 12.4. The van der Waals surface area contributed by atoms with E-state index in [2.05, 4.69) is 10.5 Å². The third-order valence-corrected chi connectivity index (χ3v) is 12.4. The van der Waals surface area contributed by atoms with Crippen LogP contribution in [0.4, 0.5) is 5.69 Å². The van der Waals surface area contributed by atoms with Crippen molar-refractivity contribution in [1.82, 2.24) is 0 Å². The molecule has 358 valence electrons. The second kappa shape index (κ2) is 22.4. The molecular formula is C50H64N2O14. The van der Waals surface area contributed by atoms with Gasteiger partial charge in [-0.05, 0) is 57.7 Å². The molecular weight excluding hydrogens is 853 g/mol. The number of ketones is 1. The van der Waals surface area contributed by atoms with Crippen LogP contribution in [0.5, 0.6) is 28.7 Å². The quantitative estimate of drug-likeness (QED) is 0.0255. The number of amides is 1. The van der Waals surface area contributed by atoms with E-state index in [0.717, 1.165) is 31.2 Å². The molecule has 3 aliphatic rings. The van der Waals surface area contributed by atoms with Gasteiger partial charge >= 0.3 is 11.8 Å². The van der Waals surface area contributed by atoms with Crippen LogP contribution < -0.4 is 14.8 Å². The lowest BCUT2D eigenvalue weighted by atomic mass is 9.78. The Morgan fingerprint density at radius 1 is 0.879 bits per heavy atom. The minimum absolute atomic E-state index is 0.0305. The van der Waals surface area contributed by atoms with Gasteiger partial charge in [0.25, 0.3) is 11.7 Å². The normalized spacial score (nSPS) is 28.0. The molecule has 16 heteroatoms. The monoisotopic (exact) mass is 916 g/mol. The lowest BCUT2D eigenvalue weighted by molar-refractivity contribution is -0.160. The van der Waals surface area contributed by atoms with Gasteiger partial charge in [-0.15, -0.1) is 0 Å². The summed E-state index contributed by atoms with van der Waals surface area (Å²) in [6.45, 7) is 13.2. The molecule has 0 radical (unpaired) electrons. The number of benzene rings is 3. The number of oxime groups is 1. The number of anilines is 1. The molecule has 0 fully saturated rings. The number of rotatable bonds is 12. The molecule has 9 unspecified atom stereocenters. The van der Waals surface area contributed by atoms with E-state index in [1.54, 1.807) is 39.8 Å². The predicted octanol–water partition coefficient (Wildman–Crippen LogP) is 7.74. The summed E-state index contributed by atoms with van der Waals surface area (Å²) in [7, 11) is 1.43. The van der Waals surface area contributed by atoms with Crippen LogP contribution in [0, 0.1) is 30.6 Å². The summed E-state index contributed by atoms with van der Waals surface area (Å²) in [6.07, 6.45) is 7.70. The van der Waals surface area contributed by atoms with Crippen LogP contribution in [-0.4, -0.2) is 99.9 Å². The molecule has 0 saturated heterocycles. The van der Waals surface area contributed by atoms with Gasteiger partial charge < -0.3 is 59.4 Å². The molecule has 3 aliphatic heterocycles. The number of aliphatic hydroxyl groups is 2. The van der Waals surface area contributed by atoms with Crippen molar-refractivity contribution in [3.63, 3.8) is 0 Å². The van der Waals surface area contributed by atoms with Crippen molar-refractivity contribution in [3.8, 4) is 28.7 Å². The maximum Gasteiger partial charge on any atom is 0.312 e. The second-order valence-corrected chi connectivity index (χ2v) is 17.3. The van der Waals surface area contributed by atoms with Gasteiger partial charge in [0.15, 0.2) is 5.75 Å². The highest BCUT2D eigenvalue weighted by atomic mass is 16.7. The molecule has 0 aromatic heterocycles. The number of nitrogens with one attached hydrogen (secondary N) is 1. The summed E-state index contributed by atoms with van der Waals surface area (Å²) in [5, 5.41) is 64.5. The van der Waals surface area contributed by atoms with E-state index in [-0.39, 0.29) is 51.1 Å². The molecule has 5 bridgehead atoms. The minimum atomic E-state index is -2.07. The Morgan fingerprint density at radius 2 is 1.56 bits per heavy atom. The number of Topliss-reactive ketones (excluding diaryl/α,β-unsaturated/α-hetero) is 1. The van der Waals surface area contributed by atoms with Gasteiger partial charge in [-0.25, -0.2) is 0 Å². The van der Waals surface area contributed by atoms with Crippen molar-refractivity contribution in [2.24, 2.45) is 28.8 Å². The van der Waals surface area contributed by atoms with E-state index in [1.807, 2.05) is 30.3 Å². The van der Waals surface area contributed by atoms with Gasteiger partial charge in [-0.1, -0.05) is 69.3 Å². The smallest absolute Gasteiger partial charge is 0.312 e. The Hall–Kier alpha value is -6.10. The number of phenolic OH excluding ortho intramolecular Hbond substituents is 3. The summed E-state index contributed by atoms with van der Waals surface area (Å²) in [4.78, 5) is 46.2. The zero-order valence-electron chi connectivity index (χ0n) is 39.1. The van der Waals surface area contributed by atoms with Gasteiger partial charge in [0.05, 0.1) is 59.6 Å². The molecule has 3 aromatic rings. The van der Waals surface area contributed by atoms with Crippen molar-refractivity contribution >= 4 is 40.3 Å². The van der Waals surface area contributed by atoms with E-state index < -0.39 is 88.8 Å². The number of carbonyl (C=O) groups is 3. The van der Waals surface area contributed by atoms with Gasteiger partial charge in [0.2, 0.25) is 0 Å². The van der Waals surface area contributed by atoms with Gasteiger partial charge in [0, 0.05) is 61.2 Å². The fourth-order valence-electron chi connectivity index (χ4n) is 8.34. The first-order valence-electron chi connectivity index (χ1n) is 22.3. The Morgan fingerprint density at radius 3 is 2.23 bits per heavy atom. The number of fused-ring (bicyclic) bond motifs is 14. The number of unbranched alkanes of at least 4 members (excludes halogenated alkanes) is 3. The zero-order chi connectivity index (χ0) is 48.5. The molecule has 0 aliphatic carbocycles. The number of carbonyl (C=O) groups excluding carboxylic acids is 3. The van der Waals surface area contributed by atoms with Crippen LogP contribution in [-0.2, 0) is 28.6 Å². The number of aliphatic hydroxyl groups excluding tert-OH is 2.